The second-order valence-electron chi connectivity index (χ2n) is 4.40. The van der Waals surface area contributed by atoms with Crippen molar-refractivity contribution in [3.63, 3.8) is 0 Å². The summed E-state index contributed by atoms with van der Waals surface area (Å²) in [6.45, 7) is 1.23. The van der Waals surface area contributed by atoms with E-state index in [1.54, 1.807) is 19.1 Å². The number of nitrogens with two attached hydrogens (primary N) is 1. The van der Waals surface area contributed by atoms with Crippen LogP contribution in [0.3, 0.4) is 0 Å². The number of hydrogen-bond donors (Lipinski definition) is 2. The van der Waals surface area contributed by atoms with E-state index < -0.39 is 44.7 Å². The standard InChI is InChI=1S/C13H14F2N2O2S2/c1-8(11-3-2-6-20-11)17-21(18,19)12-5-4-10(14)9(7-16)13(12)15/h2-6,8,17H,7,16H2,1H3. The van der Waals surface area contributed by atoms with E-state index in [-0.39, 0.29) is 0 Å². The number of sulfonamides is 1. The van der Waals surface area contributed by atoms with Gasteiger partial charge in [0.05, 0.1) is 6.04 Å². The summed E-state index contributed by atoms with van der Waals surface area (Å²) in [5.74, 6) is -2.01. The molecule has 114 valence electrons. The van der Waals surface area contributed by atoms with Gasteiger partial charge in [0.15, 0.2) is 5.82 Å². The largest absolute Gasteiger partial charge is 0.326 e. The van der Waals surface area contributed by atoms with Crippen LogP contribution in [0.15, 0.2) is 34.5 Å². The molecule has 0 aliphatic heterocycles. The van der Waals surface area contributed by atoms with Crippen LogP contribution >= 0.6 is 11.3 Å². The van der Waals surface area contributed by atoms with Crippen LogP contribution in [0.2, 0.25) is 0 Å². The summed E-state index contributed by atoms with van der Waals surface area (Å²) in [4.78, 5) is 0.188. The Morgan fingerprint density at radius 1 is 1.33 bits per heavy atom. The molecule has 0 radical (unpaired) electrons. The molecule has 2 aromatic rings. The van der Waals surface area contributed by atoms with Crippen LogP contribution < -0.4 is 10.5 Å². The molecule has 0 fully saturated rings. The third-order valence-electron chi connectivity index (χ3n) is 2.95. The predicted molar refractivity (Wildman–Crippen MR) is 77.3 cm³/mol. The van der Waals surface area contributed by atoms with Crippen LogP contribution in [-0.2, 0) is 16.6 Å². The van der Waals surface area contributed by atoms with Crippen molar-refractivity contribution in [3.05, 3.63) is 51.7 Å². The zero-order valence-corrected chi connectivity index (χ0v) is 12.8. The van der Waals surface area contributed by atoms with Crippen LogP contribution in [0.4, 0.5) is 8.78 Å². The predicted octanol–water partition coefficient (Wildman–Crippen LogP) is 2.52. The van der Waals surface area contributed by atoms with Gasteiger partial charge in [-0.3, -0.25) is 0 Å². The molecule has 1 heterocycles. The molecule has 21 heavy (non-hydrogen) atoms. The Kier molecular flexibility index (Phi) is 4.72. The number of halogens is 2. The summed E-state index contributed by atoms with van der Waals surface area (Å²) in [7, 11) is -4.11. The van der Waals surface area contributed by atoms with Crippen LogP contribution in [-0.4, -0.2) is 8.42 Å². The van der Waals surface area contributed by atoms with Crippen molar-refractivity contribution in [2.45, 2.75) is 24.4 Å². The van der Waals surface area contributed by atoms with Gasteiger partial charge in [0.2, 0.25) is 10.0 Å². The molecule has 0 saturated carbocycles. The lowest BCUT2D eigenvalue weighted by molar-refractivity contribution is 0.522. The van der Waals surface area contributed by atoms with Gasteiger partial charge in [-0.25, -0.2) is 21.9 Å². The van der Waals surface area contributed by atoms with Crippen molar-refractivity contribution < 1.29 is 17.2 Å². The number of hydrogen-bond acceptors (Lipinski definition) is 4. The Morgan fingerprint density at radius 3 is 2.62 bits per heavy atom. The first-order valence-corrected chi connectivity index (χ1v) is 8.45. The summed E-state index contributed by atoms with van der Waals surface area (Å²) >= 11 is 1.38. The minimum absolute atomic E-state index is 0.415. The summed E-state index contributed by atoms with van der Waals surface area (Å²) in [6, 6.07) is 4.84. The Labute approximate surface area is 125 Å². The molecule has 0 amide bonds. The van der Waals surface area contributed by atoms with Crippen molar-refractivity contribution in [1.29, 1.82) is 0 Å². The Bertz CT molecular complexity index is 731. The molecule has 4 nitrogen and oxygen atoms in total. The van der Waals surface area contributed by atoms with E-state index in [0.717, 1.165) is 17.0 Å². The van der Waals surface area contributed by atoms with Crippen LogP contribution in [0.25, 0.3) is 0 Å². The fourth-order valence-corrected chi connectivity index (χ4v) is 4.00. The summed E-state index contributed by atoms with van der Waals surface area (Å²) in [5, 5.41) is 1.81. The van der Waals surface area contributed by atoms with E-state index in [0.29, 0.717) is 0 Å². The Balaban J connectivity index is 2.36. The van der Waals surface area contributed by atoms with Crippen molar-refractivity contribution >= 4 is 21.4 Å². The first-order chi connectivity index (χ1) is 9.86. The van der Waals surface area contributed by atoms with Gasteiger partial charge in [-0.05, 0) is 30.5 Å². The highest BCUT2D eigenvalue weighted by Crippen LogP contribution is 2.24. The van der Waals surface area contributed by atoms with Crippen LogP contribution in [0.1, 0.15) is 23.4 Å². The molecule has 0 saturated heterocycles. The van der Waals surface area contributed by atoms with Gasteiger partial charge in [-0.15, -0.1) is 11.3 Å². The summed E-state index contributed by atoms with van der Waals surface area (Å²) < 4.78 is 54.3. The minimum atomic E-state index is -4.11. The Hall–Kier alpha value is -1.35. The highest BCUT2D eigenvalue weighted by Gasteiger charge is 2.25. The zero-order valence-electron chi connectivity index (χ0n) is 11.1. The van der Waals surface area contributed by atoms with Crippen molar-refractivity contribution in [1.82, 2.24) is 4.72 Å². The maximum absolute atomic E-state index is 14.1. The zero-order chi connectivity index (χ0) is 15.6. The number of thiophene rings is 1. The monoisotopic (exact) mass is 332 g/mol. The molecule has 3 N–H and O–H groups in total. The second kappa shape index (κ2) is 6.18. The number of benzene rings is 1. The average Bonchev–Trinajstić information content (AvgIpc) is 2.92. The van der Waals surface area contributed by atoms with Gasteiger partial charge in [0, 0.05) is 17.0 Å². The third kappa shape index (κ3) is 3.29. The van der Waals surface area contributed by atoms with Crippen LogP contribution in [0.5, 0.6) is 0 Å². The van der Waals surface area contributed by atoms with Crippen LogP contribution in [0, 0.1) is 11.6 Å². The normalized spacial score (nSPS) is 13.3. The molecule has 8 heteroatoms. The fourth-order valence-electron chi connectivity index (χ4n) is 1.86. The highest BCUT2D eigenvalue weighted by molar-refractivity contribution is 7.89. The molecule has 1 atom stereocenters. The topological polar surface area (TPSA) is 72.2 Å². The summed E-state index contributed by atoms with van der Waals surface area (Å²) in [5.41, 5.74) is 4.81. The van der Waals surface area contributed by atoms with Gasteiger partial charge in [-0.2, -0.15) is 0 Å². The molecule has 1 aromatic carbocycles. The Morgan fingerprint density at radius 2 is 2.05 bits per heavy atom. The molecular formula is C13H14F2N2O2S2. The quantitative estimate of drug-likeness (QED) is 0.884. The minimum Gasteiger partial charge on any atom is -0.326 e. The smallest absolute Gasteiger partial charge is 0.244 e. The van der Waals surface area contributed by atoms with E-state index in [9.17, 15) is 17.2 Å². The third-order valence-corrected chi connectivity index (χ3v) is 5.56. The first kappa shape index (κ1) is 16.0. The molecule has 0 aliphatic rings. The maximum atomic E-state index is 14.1. The number of rotatable bonds is 5. The second-order valence-corrected chi connectivity index (χ2v) is 7.06. The van der Waals surface area contributed by atoms with E-state index in [4.69, 9.17) is 5.73 Å². The van der Waals surface area contributed by atoms with Crippen molar-refractivity contribution in [2.24, 2.45) is 5.73 Å². The highest BCUT2D eigenvalue weighted by atomic mass is 32.2. The fraction of sp³-hybridized carbons (Fsp3) is 0.231. The molecule has 1 unspecified atom stereocenters. The maximum Gasteiger partial charge on any atom is 0.244 e. The van der Waals surface area contributed by atoms with Gasteiger partial charge in [0.1, 0.15) is 10.7 Å². The van der Waals surface area contributed by atoms with Gasteiger partial charge >= 0.3 is 0 Å². The molecule has 0 aliphatic carbocycles. The summed E-state index contributed by atoms with van der Waals surface area (Å²) in [6.07, 6.45) is 0. The molecule has 2 rings (SSSR count). The van der Waals surface area contributed by atoms with E-state index in [1.807, 2.05) is 5.38 Å². The average molecular weight is 332 g/mol. The lowest BCUT2D eigenvalue weighted by atomic mass is 10.2. The molecule has 1 aromatic heterocycles. The lowest BCUT2D eigenvalue weighted by Gasteiger charge is -2.14. The van der Waals surface area contributed by atoms with Crippen molar-refractivity contribution in [3.8, 4) is 0 Å². The van der Waals surface area contributed by atoms with E-state index in [1.165, 1.54) is 11.3 Å². The van der Waals surface area contributed by atoms with Gasteiger partial charge < -0.3 is 5.73 Å². The number of nitrogens with one attached hydrogen (secondary N) is 1. The molecule has 0 bridgehead atoms. The lowest BCUT2D eigenvalue weighted by Crippen LogP contribution is -2.27. The van der Waals surface area contributed by atoms with Crippen molar-refractivity contribution in [2.75, 3.05) is 0 Å². The van der Waals surface area contributed by atoms with E-state index in [2.05, 4.69) is 4.72 Å². The van der Waals surface area contributed by atoms with Gasteiger partial charge in [0.25, 0.3) is 0 Å². The van der Waals surface area contributed by atoms with E-state index >= 15 is 0 Å². The SMILES string of the molecule is CC(NS(=O)(=O)c1ccc(F)c(CN)c1F)c1cccs1. The first-order valence-electron chi connectivity index (χ1n) is 6.09. The van der Waals surface area contributed by atoms with Gasteiger partial charge in [-0.1, -0.05) is 6.07 Å². The molecular weight excluding hydrogens is 318 g/mol. The molecule has 0 spiro atoms.